The van der Waals surface area contributed by atoms with Crippen molar-refractivity contribution < 1.29 is 14.8 Å². The molecule has 2 heterocycles. The number of rotatable bonds is 3. The van der Waals surface area contributed by atoms with E-state index >= 15 is 0 Å². The van der Waals surface area contributed by atoms with Crippen molar-refractivity contribution >= 4 is 28.7 Å². The molecular weight excluding hydrogens is 258 g/mol. The molecule has 0 unspecified atom stereocenters. The number of carboxylic acid groups (broad SMARTS) is 1. The van der Waals surface area contributed by atoms with E-state index in [-0.39, 0.29) is 27.5 Å². The van der Waals surface area contributed by atoms with Crippen LogP contribution in [-0.2, 0) is 0 Å². The van der Waals surface area contributed by atoms with Crippen LogP contribution >= 0.6 is 11.3 Å². The molecule has 0 radical (unpaired) electrons. The molecule has 0 aliphatic rings. The first-order valence-corrected chi connectivity index (χ1v) is 5.60. The molecule has 7 nitrogen and oxygen atoms in total. The van der Waals surface area contributed by atoms with Crippen molar-refractivity contribution in [2.45, 2.75) is 0 Å². The Labute approximate surface area is 105 Å². The molecule has 0 amide bonds. The van der Waals surface area contributed by atoms with Gasteiger partial charge in [-0.25, -0.2) is 9.78 Å². The van der Waals surface area contributed by atoms with Crippen LogP contribution in [-0.4, -0.2) is 21.0 Å². The predicted octanol–water partition coefficient (Wildman–Crippen LogP) is 2.00. The number of aromatic carboxylic acids is 1. The van der Waals surface area contributed by atoms with E-state index < -0.39 is 10.9 Å². The first-order valence-electron chi connectivity index (χ1n) is 4.72. The SMILES string of the molecule is Nc1csc(C(=O)O)c1-c1ncccc1[N+](=O)[O-]. The van der Waals surface area contributed by atoms with Crippen molar-refractivity contribution in [1.29, 1.82) is 0 Å². The summed E-state index contributed by atoms with van der Waals surface area (Å²) in [7, 11) is 0. The van der Waals surface area contributed by atoms with E-state index in [0.29, 0.717) is 0 Å². The van der Waals surface area contributed by atoms with Gasteiger partial charge in [-0.2, -0.15) is 0 Å². The van der Waals surface area contributed by atoms with E-state index in [1.54, 1.807) is 0 Å². The molecule has 2 aromatic heterocycles. The highest BCUT2D eigenvalue weighted by Gasteiger charge is 2.25. The number of nitrogens with zero attached hydrogens (tertiary/aromatic N) is 2. The van der Waals surface area contributed by atoms with Gasteiger partial charge in [-0.1, -0.05) is 0 Å². The molecule has 2 aromatic rings. The van der Waals surface area contributed by atoms with Gasteiger partial charge in [-0.15, -0.1) is 11.3 Å². The summed E-state index contributed by atoms with van der Waals surface area (Å²) in [6.45, 7) is 0. The van der Waals surface area contributed by atoms with Crippen molar-refractivity contribution in [3.8, 4) is 11.3 Å². The summed E-state index contributed by atoms with van der Waals surface area (Å²) < 4.78 is 0. The molecule has 0 saturated heterocycles. The van der Waals surface area contributed by atoms with Crippen molar-refractivity contribution in [3.05, 3.63) is 38.7 Å². The Kier molecular flexibility index (Phi) is 2.94. The zero-order valence-corrected chi connectivity index (χ0v) is 9.68. The molecule has 18 heavy (non-hydrogen) atoms. The van der Waals surface area contributed by atoms with Gasteiger partial charge < -0.3 is 10.8 Å². The lowest BCUT2D eigenvalue weighted by Gasteiger charge is -2.02. The van der Waals surface area contributed by atoms with Crippen molar-refractivity contribution in [2.75, 3.05) is 5.73 Å². The zero-order valence-electron chi connectivity index (χ0n) is 8.86. The van der Waals surface area contributed by atoms with E-state index in [4.69, 9.17) is 10.8 Å². The third kappa shape index (κ3) is 1.89. The third-order valence-electron chi connectivity index (χ3n) is 2.23. The molecule has 0 saturated carbocycles. The predicted molar refractivity (Wildman–Crippen MR) is 65.6 cm³/mol. The van der Waals surface area contributed by atoms with Crippen molar-refractivity contribution in [1.82, 2.24) is 4.98 Å². The number of hydrogen-bond acceptors (Lipinski definition) is 6. The topological polar surface area (TPSA) is 119 Å². The largest absolute Gasteiger partial charge is 0.477 e. The molecule has 0 aromatic carbocycles. The van der Waals surface area contributed by atoms with E-state index in [1.165, 1.54) is 23.7 Å². The first kappa shape index (κ1) is 12.0. The van der Waals surface area contributed by atoms with E-state index in [9.17, 15) is 14.9 Å². The van der Waals surface area contributed by atoms with Crippen LogP contribution in [0.2, 0.25) is 0 Å². The minimum atomic E-state index is -1.19. The fourth-order valence-corrected chi connectivity index (χ4v) is 2.31. The Hall–Kier alpha value is -2.48. The van der Waals surface area contributed by atoms with Gasteiger partial charge in [0.05, 0.1) is 16.2 Å². The lowest BCUT2D eigenvalue weighted by molar-refractivity contribution is -0.384. The van der Waals surface area contributed by atoms with Crippen LogP contribution in [0.1, 0.15) is 9.67 Å². The fraction of sp³-hybridized carbons (Fsp3) is 0. The number of pyridine rings is 1. The number of hydrogen-bond donors (Lipinski definition) is 2. The van der Waals surface area contributed by atoms with Crippen LogP contribution in [0.25, 0.3) is 11.3 Å². The number of nitro groups is 1. The summed E-state index contributed by atoms with van der Waals surface area (Å²) in [6.07, 6.45) is 1.35. The van der Waals surface area contributed by atoms with Gasteiger partial charge in [-0.3, -0.25) is 10.1 Å². The summed E-state index contributed by atoms with van der Waals surface area (Å²) in [5.74, 6) is -1.19. The van der Waals surface area contributed by atoms with Crippen LogP contribution < -0.4 is 5.73 Å². The average molecular weight is 265 g/mol. The molecule has 0 aliphatic heterocycles. The smallest absolute Gasteiger partial charge is 0.346 e. The highest BCUT2D eigenvalue weighted by atomic mass is 32.1. The summed E-state index contributed by atoms with van der Waals surface area (Å²) >= 11 is 0.912. The summed E-state index contributed by atoms with van der Waals surface area (Å²) in [5.41, 5.74) is 5.63. The van der Waals surface area contributed by atoms with Crippen molar-refractivity contribution in [3.63, 3.8) is 0 Å². The molecule has 0 bridgehead atoms. The van der Waals surface area contributed by atoms with Gasteiger partial charge in [0.15, 0.2) is 5.69 Å². The standard InChI is InChI=1S/C10H7N3O4S/c11-5-4-18-9(10(14)15)7(5)8-6(13(16)17)2-1-3-12-8/h1-4H,11H2,(H,14,15). The Balaban J connectivity index is 2.73. The molecule has 2 rings (SSSR count). The van der Waals surface area contributed by atoms with E-state index in [0.717, 1.165) is 11.3 Å². The van der Waals surface area contributed by atoms with Gasteiger partial charge in [-0.05, 0) is 6.07 Å². The van der Waals surface area contributed by atoms with E-state index in [1.807, 2.05) is 0 Å². The monoisotopic (exact) mass is 265 g/mol. The van der Waals surface area contributed by atoms with Crippen LogP contribution in [0, 0.1) is 10.1 Å². The minimum Gasteiger partial charge on any atom is -0.477 e. The molecule has 3 N–H and O–H groups in total. The molecule has 0 atom stereocenters. The average Bonchev–Trinajstić information content (AvgIpc) is 2.71. The first-order chi connectivity index (χ1) is 8.52. The maximum atomic E-state index is 11.0. The van der Waals surface area contributed by atoms with Gasteiger partial charge in [0.1, 0.15) is 4.88 Å². The molecule has 0 spiro atoms. The second kappa shape index (κ2) is 4.41. The number of carboxylic acids is 1. The highest BCUT2D eigenvalue weighted by molar-refractivity contribution is 7.13. The number of nitrogens with two attached hydrogens (primary N) is 1. The number of anilines is 1. The second-order valence-corrected chi connectivity index (χ2v) is 4.21. The van der Waals surface area contributed by atoms with Gasteiger partial charge >= 0.3 is 5.97 Å². The lowest BCUT2D eigenvalue weighted by atomic mass is 10.1. The summed E-state index contributed by atoms with van der Waals surface area (Å²) in [4.78, 5) is 25.1. The quantitative estimate of drug-likeness (QED) is 0.647. The zero-order chi connectivity index (χ0) is 13.3. The maximum absolute atomic E-state index is 11.0. The highest BCUT2D eigenvalue weighted by Crippen LogP contribution is 2.38. The summed E-state index contributed by atoms with van der Waals surface area (Å²) in [5, 5.41) is 21.3. The van der Waals surface area contributed by atoms with Gasteiger partial charge in [0.2, 0.25) is 0 Å². The second-order valence-electron chi connectivity index (χ2n) is 3.33. The van der Waals surface area contributed by atoms with Crippen LogP contribution in [0.15, 0.2) is 23.7 Å². The Morgan fingerprint density at radius 2 is 2.28 bits per heavy atom. The maximum Gasteiger partial charge on any atom is 0.346 e. The summed E-state index contributed by atoms with van der Waals surface area (Å²) in [6, 6.07) is 2.66. The normalized spacial score (nSPS) is 10.2. The van der Waals surface area contributed by atoms with Crippen molar-refractivity contribution in [2.24, 2.45) is 0 Å². The molecule has 92 valence electrons. The van der Waals surface area contributed by atoms with Crippen LogP contribution in [0.5, 0.6) is 0 Å². The Morgan fingerprint density at radius 1 is 1.56 bits per heavy atom. The minimum absolute atomic E-state index is 0.0290. The van der Waals surface area contributed by atoms with Gasteiger partial charge in [0, 0.05) is 17.6 Å². The molecule has 0 aliphatic carbocycles. The number of aromatic nitrogens is 1. The Bertz CT molecular complexity index is 638. The van der Waals surface area contributed by atoms with Gasteiger partial charge in [0.25, 0.3) is 5.69 Å². The van der Waals surface area contributed by atoms with E-state index in [2.05, 4.69) is 4.98 Å². The molecule has 0 fully saturated rings. The third-order valence-corrected chi connectivity index (χ3v) is 3.22. The Morgan fingerprint density at radius 3 is 2.89 bits per heavy atom. The lowest BCUT2D eigenvalue weighted by Crippen LogP contribution is -2.01. The molecule has 8 heteroatoms. The number of carbonyl (C=O) groups is 1. The van der Waals surface area contributed by atoms with Crippen LogP contribution in [0.3, 0.4) is 0 Å². The van der Waals surface area contributed by atoms with Crippen LogP contribution in [0.4, 0.5) is 11.4 Å². The fourth-order valence-electron chi connectivity index (χ4n) is 1.51. The number of nitrogen functional groups attached to an aromatic ring is 1. The number of thiophene rings is 1. The molecular formula is C10H7N3O4S.